The highest BCUT2D eigenvalue weighted by Gasteiger charge is 2.42. The molecule has 1 N–H and O–H groups in total. The normalized spacial score (nSPS) is 15.6. The zero-order valence-corrected chi connectivity index (χ0v) is 9.31. The van der Waals surface area contributed by atoms with E-state index in [1.54, 1.807) is 0 Å². The van der Waals surface area contributed by atoms with Crippen LogP contribution >= 0.6 is 0 Å². The Bertz CT molecular complexity index is 564. The third kappa shape index (κ3) is 2.56. The number of hydrogen-bond donors (Lipinski definition) is 1. The number of carbonyl (C=O) groups is 2. The fourth-order valence-electron chi connectivity index (χ4n) is 1.53. The van der Waals surface area contributed by atoms with E-state index in [0.717, 1.165) is 0 Å². The van der Waals surface area contributed by atoms with Crippen molar-refractivity contribution in [2.75, 3.05) is 5.01 Å². The van der Waals surface area contributed by atoms with Crippen molar-refractivity contribution in [1.82, 2.24) is 0 Å². The Kier molecular flexibility index (Phi) is 3.01. The van der Waals surface area contributed by atoms with Gasteiger partial charge in [0.2, 0.25) is 0 Å². The van der Waals surface area contributed by atoms with Gasteiger partial charge in [-0.2, -0.15) is 18.3 Å². The summed E-state index contributed by atoms with van der Waals surface area (Å²) in [6.45, 7) is 0. The van der Waals surface area contributed by atoms with E-state index in [1.165, 1.54) is 24.3 Å². The smallest absolute Gasteiger partial charge is 0.431 e. The summed E-state index contributed by atoms with van der Waals surface area (Å²) in [5.41, 5.74) is -1.11. The second kappa shape index (κ2) is 4.38. The van der Waals surface area contributed by atoms with Crippen LogP contribution in [0.4, 0.5) is 18.9 Å². The molecule has 0 saturated carbocycles. The molecule has 0 aliphatic carbocycles. The molecule has 1 amide bonds. The Morgan fingerprint density at radius 2 is 1.84 bits per heavy atom. The average molecular weight is 272 g/mol. The fourth-order valence-corrected chi connectivity index (χ4v) is 1.53. The minimum absolute atomic E-state index is 0.0320. The lowest BCUT2D eigenvalue weighted by atomic mass is 10.2. The maximum absolute atomic E-state index is 12.4. The van der Waals surface area contributed by atoms with Gasteiger partial charge in [-0.05, 0) is 24.3 Å². The SMILES string of the molecule is O=C(O)c1ccc(N2N=C(C(F)(F)F)CC2=O)cc1. The molecule has 8 heteroatoms. The van der Waals surface area contributed by atoms with Crippen molar-refractivity contribution in [3.05, 3.63) is 29.8 Å². The van der Waals surface area contributed by atoms with Crippen LogP contribution in [0, 0.1) is 0 Å². The molecule has 0 aromatic heterocycles. The van der Waals surface area contributed by atoms with E-state index < -0.39 is 30.2 Å². The maximum atomic E-state index is 12.4. The maximum Gasteiger partial charge on any atom is 0.431 e. The van der Waals surface area contributed by atoms with Gasteiger partial charge in [-0.3, -0.25) is 4.79 Å². The Hall–Kier alpha value is -2.38. The third-order valence-electron chi connectivity index (χ3n) is 2.46. The lowest BCUT2D eigenvalue weighted by Crippen LogP contribution is -2.22. The van der Waals surface area contributed by atoms with Crippen LogP contribution in [-0.2, 0) is 4.79 Å². The first-order chi connectivity index (χ1) is 8.79. The molecule has 0 fully saturated rings. The fraction of sp³-hybridized carbons (Fsp3) is 0.182. The average Bonchev–Trinajstić information content (AvgIpc) is 2.71. The minimum atomic E-state index is -4.65. The molecule has 1 aromatic rings. The number of amides is 1. The Morgan fingerprint density at radius 3 is 2.26 bits per heavy atom. The molecule has 0 saturated heterocycles. The van der Waals surface area contributed by atoms with Crippen LogP contribution in [0.5, 0.6) is 0 Å². The molecule has 100 valence electrons. The summed E-state index contributed by atoms with van der Waals surface area (Å²) in [5, 5.41) is 12.5. The van der Waals surface area contributed by atoms with Gasteiger partial charge in [-0.25, -0.2) is 9.80 Å². The quantitative estimate of drug-likeness (QED) is 0.895. The van der Waals surface area contributed by atoms with E-state index in [-0.39, 0.29) is 11.3 Å². The van der Waals surface area contributed by atoms with Gasteiger partial charge >= 0.3 is 12.1 Å². The van der Waals surface area contributed by atoms with Crippen molar-refractivity contribution in [3.8, 4) is 0 Å². The lowest BCUT2D eigenvalue weighted by Gasteiger charge is -2.11. The van der Waals surface area contributed by atoms with Gasteiger partial charge in [0.05, 0.1) is 17.7 Å². The molecule has 0 bridgehead atoms. The van der Waals surface area contributed by atoms with Crippen LogP contribution in [0.25, 0.3) is 0 Å². The number of halogens is 3. The Morgan fingerprint density at radius 1 is 1.26 bits per heavy atom. The van der Waals surface area contributed by atoms with E-state index in [2.05, 4.69) is 5.10 Å². The Labute approximate surface area is 104 Å². The highest BCUT2D eigenvalue weighted by Crippen LogP contribution is 2.28. The number of carboxylic acid groups (broad SMARTS) is 1. The minimum Gasteiger partial charge on any atom is -0.478 e. The number of benzene rings is 1. The number of rotatable bonds is 2. The Balaban J connectivity index is 2.29. The number of carboxylic acids is 1. The molecule has 2 rings (SSSR count). The predicted octanol–water partition coefficient (Wildman–Crippen LogP) is 2.04. The molecular weight excluding hydrogens is 265 g/mol. The summed E-state index contributed by atoms with van der Waals surface area (Å²) >= 11 is 0. The first-order valence-corrected chi connectivity index (χ1v) is 5.10. The summed E-state index contributed by atoms with van der Waals surface area (Å²) in [6, 6.07) is 4.83. The van der Waals surface area contributed by atoms with Gasteiger partial charge in [0.25, 0.3) is 5.91 Å². The topological polar surface area (TPSA) is 70.0 Å². The standard InChI is InChI=1S/C11H7F3N2O3/c12-11(13,14)8-5-9(17)16(15-8)7-3-1-6(2-4-7)10(18)19/h1-4H,5H2,(H,18,19). The molecule has 0 unspecified atom stereocenters. The van der Waals surface area contributed by atoms with Crippen molar-refractivity contribution in [3.63, 3.8) is 0 Å². The largest absolute Gasteiger partial charge is 0.478 e. The molecule has 0 radical (unpaired) electrons. The highest BCUT2D eigenvalue weighted by molar-refractivity contribution is 6.14. The number of alkyl halides is 3. The second-order valence-electron chi connectivity index (χ2n) is 3.78. The van der Waals surface area contributed by atoms with Gasteiger partial charge in [0.1, 0.15) is 0 Å². The van der Waals surface area contributed by atoms with Crippen LogP contribution in [0.3, 0.4) is 0 Å². The summed E-state index contributed by atoms with van der Waals surface area (Å²) < 4.78 is 37.2. The monoisotopic (exact) mass is 272 g/mol. The van der Waals surface area contributed by atoms with Crippen LogP contribution in [0.2, 0.25) is 0 Å². The third-order valence-corrected chi connectivity index (χ3v) is 2.46. The molecule has 1 aromatic carbocycles. The van der Waals surface area contributed by atoms with Crippen molar-refractivity contribution in [2.45, 2.75) is 12.6 Å². The van der Waals surface area contributed by atoms with Crippen molar-refractivity contribution < 1.29 is 27.9 Å². The van der Waals surface area contributed by atoms with E-state index in [0.29, 0.717) is 5.01 Å². The second-order valence-corrected chi connectivity index (χ2v) is 3.78. The van der Waals surface area contributed by atoms with Gasteiger partial charge in [0.15, 0.2) is 5.71 Å². The predicted molar refractivity (Wildman–Crippen MR) is 59.0 cm³/mol. The lowest BCUT2D eigenvalue weighted by molar-refractivity contribution is -0.117. The van der Waals surface area contributed by atoms with Crippen molar-refractivity contribution in [1.29, 1.82) is 0 Å². The number of hydrogen-bond acceptors (Lipinski definition) is 3. The molecule has 5 nitrogen and oxygen atoms in total. The molecule has 1 aliphatic rings. The van der Waals surface area contributed by atoms with Crippen molar-refractivity contribution in [2.24, 2.45) is 5.10 Å². The van der Waals surface area contributed by atoms with Crippen LogP contribution < -0.4 is 5.01 Å². The number of nitrogens with zero attached hydrogens (tertiary/aromatic N) is 2. The first-order valence-electron chi connectivity index (χ1n) is 5.10. The zero-order valence-electron chi connectivity index (χ0n) is 9.31. The van der Waals surface area contributed by atoms with E-state index >= 15 is 0 Å². The summed E-state index contributed by atoms with van der Waals surface area (Å²) in [4.78, 5) is 22.1. The number of carbonyl (C=O) groups excluding carboxylic acids is 1. The van der Waals surface area contributed by atoms with E-state index in [4.69, 9.17) is 5.11 Å². The zero-order chi connectivity index (χ0) is 14.2. The summed E-state index contributed by atoms with van der Waals surface area (Å²) in [5.74, 6) is -1.98. The van der Waals surface area contributed by atoms with Crippen LogP contribution in [-0.4, -0.2) is 28.9 Å². The van der Waals surface area contributed by atoms with E-state index in [9.17, 15) is 22.8 Å². The molecule has 19 heavy (non-hydrogen) atoms. The first kappa shape index (κ1) is 13.1. The molecule has 1 aliphatic heterocycles. The van der Waals surface area contributed by atoms with Crippen LogP contribution in [0.1, 0.15) is 16.8 Å². The van der Waals surface area contributed by atoms with Crippen LogP contribution in [0.15, 0.2) is 29.4 Å². The van der Waals surface area contributed by atoms with E-state index in [1.807, 2.05) is 0 Å². The molecule has 1 heterocycles. The summed E-state index contributed by atoms with van der Waals surface area (Å²) in [6.07, 6.45) is -5.46. The van der Waals surface area contributed by atoms with Gasteiger partial charge in [-0.1, -0.05) is 0 Å². The number of aromatic carboxylic acids is 1. The highest BCUT2D eigenvalue weighted by atomic mass is 19.4. The molecule has 0 spiro atoms. The number of anilines is 1. The molecular formula is C11H7F3N2O3. The molecule has 0 atom stereocenters. The van der Waals surface area contributed by atoms with Gasteiger partial charge in [0, 0.05) is 0 Å². The summed E-state index contributed by atoms with van der Waals surface area (Å²) in [7, 11) is 0. The number of hydrazone groups is 1. The van der Waals surface area contributed by atoms with Gasteiger partial charge < -0.3 is 5.11 Å². The van der Waals surface area contributed by atoms with Crippen molar-refractivity contribution >= 4 is 23.3 Å². The van der Waals surface area contributed by atoms with Gasteiger partial charge in [-0.15, -0.1) is 0 Å².